The lowest BCUT2D eigenvalue weighted by Gasteiger charge is -2.35. The average Bonchev–Trinajstić information content (AvgIpc) is 3.33. The Morgan fingerprint density at radius 1 is 1.35 bits per heavy atom. The number of hydrogen-bond acceptors (Lipinski definition) is 7. The van der Waals surface area contributed by atoms with Gasteiger partial charge < -0.3 is 14.6 Å². The van der Waals surface area contributed by atoms with Gasteiger partial charge in [-0.1, -0.05) is 30.5 Å². The van der Waals surface area contributed by atoms with Gasteiger partial charge in [-0.15, -0.1) is 11.3 Å². The molecule has 0 atom stereocenters. The van der Waals surface area contributed by atoms with Gasteiger partial charge in [-0.25, -0.2) is 4.79 Å². The summed E-state index contributed by atoms with van der Waals surface area (Å²) in [5.41, 5.74) is -0.860. The monoisotopic (exact) mass is 377 g/mol. The van der Waals surface area contributed by atoms with Crippen LogP contribution in [0.15, 0.2) is 22.0 Å². The molecule has 1 aliphatic rings. The van der Waals surface area contributed by atoms with Crippen molar-refractivity contribution in [1.29, 1.82) is 0 Å². The van der Waals surface area contributed by atoms with Crippen molar-refractivity contribution in [2.24, 2.45) is 0 Å². The Kier molecular flexibility index (Phi) is 6.03. The Labute approximate surface area is 156 Å². The van der Waals surface area contributed by atoms with Crippen molar-refractivity contribution < 1.29 is 18.8 Å². The lowest BCUT2D eigenvalue weighted by Crippen LogP contribution is -2.56. The summed E-state index contributed by atoms with van der Waals surface area (Å²) in [5, 5.41) is 8.83. The number of thiophene rings is 1. The molecule has 8 heteroatoms. The van der Waals surface area contributed by atoms with Crippen LogP contribution in [0.3, 0.4) is 0 Å². The molecule has 2 aromatic heterocycles. The first kappa shape index (κ1) is 18.6. The molecule has 7 nitrogen and oxygen atoms in total. The second-order valence-corrected chi connectivity index (χ2v) is 7.47. The number of methoxy groups -OCH3 is 1. The minimum Gasteiger partial charge on any atom is -0.467 e. The van der Waals surface area contributed by atoms with Crippen LogP contribution in [-0.2, 0) is 20.7 Å². The van der Waals surface area contributed by atoms with E-state index in [1.807, 2.05) is 17.5 Å². The highest BCUT2D eigenvalue weighted by molar-refractivity contribution is 7.13. The third-order valence-electron chi connectivity index (χ3n) is 4.67. The van der Waals surface area contributed by atoms with Crippen molar-refractivity contribution in [3.05, 3.63) is 23.4 Å². The van der Waals surface area contributed by atoms with Crippen molar-refractivity contribution in [1.82, 2.24) is 15.5 Å². The van der Waals surface area contributed by atoms with E-state index in [-0.39, 0.29) is 11.9 Å². The number of ether oxygens (including phenoxy) is 1. The maximum atomic E-state index is 12.3. The first-order valence-electron chi connectivity index (χ1n) is 8.89. The summed E-state index contributed by atoms with van der Waals surface area (Å²) in [7, 11) is 1.37. The first-order chi connectivity index (χ1) is 12.6. The summed E-state index contributed by atoms with van der Waals surface area (Å²) in [4.78, 5) is 29.8. The molecule has 3 rings (SSSR count). The minimum atomic E-state index is -0.860. The molecule has 1 fully saturated rings. The van der Waals surface area contributed by atoms with Crippen LogP contribution in [0.1, 0.15) is 50.8 Å². The highest BCUT2D eigenvalue weighted by Gasteiger charge is 2.41. The van der Waals surface area contributed by atoms with Crippen molar-refractivity contribution in [3.8, 4) is 10.7 Å². The summed E-state index contributed by atoms with van der Waals surface area (Å²) in [6, 6.07) is 3.87. The maximum absolute atomic E-state index is 12.3. The molecule has 0 unspecified atom stereocenters. The lowest BCUT2D eigenvalue weighted by molar-refractivity contribution is -0.152. The van der Waals surface area contributed by atoms with Gasteiger partial charge in [-0.3, -0.25) is 4.79 Å². The molecule has 0 radical (unpaired) electrons. The van der Waals surface area contributed by atoms with Crippen LogP contribution in [-0.4, -0.2) is 34.7 Å². The summed E-state index contributed by atoms with van der Waals surface area (Å²) < 4.78 is 10.2. The molecular weight excluding hydrogens is 354 g/mol. The molecule has 0 bridgehead atoms. The summed E-state index contributed by atoms with van der Waals surface area (Å²) in [5.74, 6) is 0.603. The van der Waals surface area contributed by atoms with E-state index in [1.165, 1.54) is 7.11 Å². The van der Waals surface area contributed by atoms with Crippen LogP contribution >= 0.6 is 11.3 Å². The fourth-order valence-electron chi connectivity index (χ4n) is 3.32. The fourth-order valence-corrected chi connectivity index (χ4v) is 3.97. The standard InChI is InChI=1S/C18H23N3O4S/c1-24-17(23)18(10-3-2-4-11-18)20-14(22)8-5-9-15-19-16(21-25-15)13-7-6-12-26-13/h6-7,12H,2-5,8-11H2,1H3,(H,20,22). The molecule has 0 saturated heterocycles. The van der Waals surface area contributed by atoms with Gasteiger partial charge in [0.05, 0.1) is 12.0 Å². The Bertz CT molecular complexity index is 735. The highest BCUT2D eigenvalue weighted by Crippen LogP contribution is 2.29. The average molecular weight is 377 g/mol. The molecule has 0 aliphatic heterocycles. The van der Waals surface area contributed by atoms with Crippen molar-refractivity contribution in [3.63, 3.8) is 0 Å². The number of aryl methyl sites for hydroxylation is 1. The van der Waals surface area contributed by atoms with Gasteiger partial charge in [-0.05, 0) is 30.7 Å². The van der Waals surface area contributed by atoms with E-state index < -0.39 is 5.54 Å². The van der Waals surface area contributed by atoms with E-state index in [4.69, 9.17) is 9.26 Å². The van der Waals surface area contributed by atoms with Gasteiger partial charge in [0.15, 0.2) is 0 Å². The van der Waals surface area contributed by atoms with Crippen LogP contribution in [0, 0.1) is 0 Å². The van der Waals surface area contributed by atoms with E-state index >= 15 is 0 Å². The molecule has 2 heterocycles. The molecule has 1 N–H and O–H groups in total. The molecule has 0 spiro atoms. The van der Waals surface area contributed by atoms with Gasteiger partial charge in [-0.2, -0.15) is 4.98 Å². The predicted octanol–water partition coefficient (Wildman–Crippen LogP) is 3.11. The van der Waals surface area contributed by atoms with Crippen LogP contribution in [0.25, 0.3) is 10.7 Å². The predicted molar refractivity (Wildman–Crippen MR) is 96.5 cm³/mol. The molecular formula is C18H23N3O4S. The van der Waals surface area contributed by atoms with Gasteiger partial charge in [0.2, 0.25) is 17.6 Å². The van der Waals surface area contributed by atoms with Crippen molar-refractivity contribution in [2.75, 3.05) is 7.11 Å². The van der Waals surface area contributed by atoms with E-state index in [2.05, 4.69) is 15.5 Å². The Morgan fingerprint density at radius 3 is 2.85 bits per heavy atom. The van der Waals surface area contributed by atoms with Gasteiger partial charge in [0, 0.05) is 12.8 Å². The zero-order chi connectivity index (χ0) is 18.4. The first-order valence-corrected chi connectivity index (χ1v) is 9.77. The third-order valence-corrected chi connectivity index (χ3v) is 5.53. The van der Waals surface area contributed by atoms with Crippen LogP contribution in [0.4, 0.5) is 0 Å². The van der Waals surface area contributed by atoms with E-state index in [9.17, 15) is 9.59 Å². The molecule has 1 amide bonds. The van der Waals surface area contributed by atoms with E-state index in [1.54, 1.807) is 11.3 Å². The molecule has 1 saturated carbocycles. The van der Waals surface area contributed by atoms with Crippen molar-refractivity contribution >= 4 is 23.2 Å². The summed E-state index contributed by atoms with van der Waals surface area (Å²) in [6.45, 7) is 0. The van der Waals surface area contributed by atoms with Gasteiger partial charge >= 0.3 is 5.97 Å². The zero-order valence-corrected chi connectivity index (χ0v) is 15.6. The second-order valence-electron chi connectivity index (χ2n) is 6.53. The Morgan fingerprint density at radius 2 is 2.15 bits per heavy atom. The lowest BCUT2D eigenvalue weighted by atomic mass is 9.81. The number of esters is 1. The number of nitrogens with zero attached hydrogens (tertiary/aromatic N) is 2. The number of hydrogen-bond donors (Lipinski definition) is 1. The molecule has 140 valence electrons. The Balaban J connectivity index is 1.50. The fraction of sp³-hybridized carbons (Fsp3) is 0.556. The molecule has 2 aromatic rings. The highest BCUT2D eigenvalue weighted by atomic mass is 32.1. The number of rotatable bonds is 7. The molecule has 0 aromatic carbocycles. The number of carbonyl (C=O) groups is 2. The van der Waals surface area contributed by atoms with Crippen molar-refractivity contribution in [2.45, 2.75) is 56.9 Å². The van der Waals surface area contributed by atoms with E-state index in [0.717, 1.165) is 24.1 Å². The largest absolute Gasteiger partial charge is 0.467 e. The second kappa shape index (κ2) is 8.44. The van der Waals surface area contributed by atoms with Crippen LogP contribution < -0.4 is 5.32 Å². The molecule has 1 aliphatic carbocycles. The normalized spacial score (nSPS) is 16.2. The Hall–Kier alpha value is -2.22. The number of nitrogens with one attached hydrogen (secondary N) is 1. The van der Waals surface area contributed by atoms with Crippen LogP contribution in [0.2, 0.25) is 0 Å². The number of amides is 1. The maximum Gasteiger partial charge on any atom is 0.331 e. The van der Waals surface area contributed by atoms with Gasteiger partial charge in [0.1, 0.15) is 5.54 Å². The summed E-state index contributed by atoms with van der Waals surface area (Å²) >= 11 is 1.55. The molecule has 26 heavy (non-hydrogen) atoms. The van der Waals surface area contributed by atoms with E-state index in [0.29, 0.717) is 43.8 Å². The SMILES string of the molecule is COC(=O)C1(NC(=O)CCCc2nc(-c3cccs3)no2)CCCCC1. The number of carbonyl (C=O) groups excluding carboxylic acids is 2. The number of aromatic nitrogens is 2. The van der Waals surface area contributed by atoms with Gasteiger partial charge in [0.25, 0.3) is 0 Å². The quantitative estimate of drug-likeness (QED) is 0.745. The zero-order valence-electron chi connectivity index (χ0n) is 14.8. The third kappa shape index (κ3) is 4.30. The smallest absolute Gasteiger partial charge is 0.331 e. The topological polar surface area (TPSA) is 94.3 Å². The minimum absolute atomic E-state index is 0.143. The summed E-state index contributed by atoms with van der Waals surface area (Å²) in [6.07, 6.45) is 5.60. The van der Waals surface area contributed by atoms with Crippen LogP contribution in [0.5, 0.6) is 0 Å².